The molecule has 5 heteroatoms. The SMILES string of the molecule is CC(O)CNC(=O)COc1ccc2ccccc2c1Br. The quantitative estimate of drug-likeness (QED) is 0.881. The van der Waals surface area contributed by atoms with Gasteiger partial charge < -0.3 is 15.2 Å². The van der Waals surface area contributed by atoms with Gasteiger partial charge in [0.25, 0.3) is 5.91 Å². The fraction of sp³-hybridized carbons (Fsp3) is 0.267. The maximum Gasteiger partial charge on any atom is 0.258 e. The zero-order chi connectivity index (χ0) is 14.5. The van der Waals surface area contributed by atoms with E-state index in [1.165, 1.54) is 0 Å². The number of fused-ring (bicyclic) bond motifs is 1. The fourth-order valence-electron chi connectivity index (χ4n) is 1.78. The molecule has 20 heavy (non-hydrogen) atoms. The molecule has 1 unspecified atom stereocenters. The number of carbonyl (C=O) groups is 1. The number of benzene rings is 2. The maximum absolute atomic E-state index is 11.5. The van der Waals surface area contributed by atoms with Gasteiger partial charge in [0.15, 0.2) is 6.61 Å². The van der Waals surface area contributed by atoms with Crippen LogP contribution in [0.25, 0.3) is 10.8 Å². The van der Waals surface area contributed by atoms with Crippen molar-refractivity contribution in [2.24, 2.45) is 0 Å². The molecule has 2 rings (SSSR count). The summed E-state index contributed by atoms with van der Waals surface area (Å²) in [6, 6.07) is 11.7. The Hall–Kier alpha value is -1.59. The maximum atomic E-state index is 11.5. The van der Waals surface area contributed by atoms with Crippen LogP contribution >= 0.6 is 15.9 Å². The minimum atomic E-state index is -0.564. The van der Waals surface area contributed by atoms with Crippen molar-refractivity contribution in [3.05, 3.63) is 40.9 Å². The number of rotatable bonds is 5. The Morgan fingerprint density at radius 1 is 1.35 bits per heavy atom. The lowest BCUT2D eigenvalue weighted by atomic mass is 10.1. The number of amides is 1. The van der Waals surface area contributed by atoms with E-state index in [0.717, 1.165) is 15.2 Å². The highest BCUT2D eigenvalue weighted by Crippen LogP contribution is 2.32. The average Bonchev–Trinajstić information content (AvgIpc) is 2.44. The number of aliphatic hydroxyl groups excluding tert-OH is 1. The fourth-order valence-corrected chi connectivity index (χ4v) is 2.39. The van der Waals surface area contributed by atoms with Crippen molar-refractivity contribution in [1.29, 1.82) is 0 Å². The van der Waals surface area contributed by atoms with Crippen molar-refractivity contribution in [2.45, 2.75) is 13.0 Å². The molecule has 0 aromatic heterocycles. The van der Waals surface area contributed by atoms with Crippen LogP contribution in [-0.2, 0) is 4.79 Å². The molecule has 0 heterocycles. The molecule has 0 bridgehead atoms. The van der Waals surface area contributed by atoms with E-state index in [0.29, 0.717) is 5.75 Å². The monoisotopic (exact) mass is 337 g/mol. The summed E-state index contributed by atoms with van der Waals surface area (Å²) in [5.74, 6) is 0.363. The van der Waals surface area contributed by atoms with Crippen LogP contribution in [0.4, 0.5) is 0 Å². The third-order valence-electron chi connectivity index (χ3n) is 2.78. The van der Waals surface area contributed by atoms with Crippen LogP contribution in [-0.4, -0.2) is 30.3 Å². The number of hydrogen-bond acceptors (Lipinski definition) is 3. The van der Waals surface area contributed by atoms with Gasteiger partial charge in [0, 0.05) is 6.54 Å². The molecule has 0 aliphatic rings. The van der Waals surface area contributed by atoms with Crippen LogP contribution in [0.1, 0.15) is 6.92 Å². The standard InChI is InChI=1S/C15H16BrNO3/c1-10(18)8-17-14(19)9-20-13-7-6-11-4-2-3-5-12(11)15(13)16/h2-7,10,18H,8-9H2,1H3,(H,17,19). The van der Waals surface area contributed by atoms with Crippen molar-refractivity contribution in [3.63, 3.8) is 0 Å². The van der Waals surface area contributed by atoms with Gasteiger partial charge in [0.05, 0.1) is 10.6 Å². The first-order chi connectivity index (χ1) is 9.58. The second kappa shape index (κ2) is 6.72. The Morgan fingerprint density at radius 2 is 2.10 bits per heavy atom. The van der Waals surface area contributed by atoms with Gasteiger partial charge in [-0.3, -0.25) is 4.79 Å². The van der Waals surface area contributed by atoms with E-state index in [9.17, 15) is 4.79 Å². The van der Waals surface area contributed by atoms with Crippen LogP contribution in [0, 0.1) is 0 Å². The van der Waals surface area contributed by atoms with Gasteiger partial charge in [-0.1, -0.05) is 30.3 Å². The minimum absolute atomic E-state index is 0.0797. The van der Waals surface area contributed by atoms with E-state index in [4.69, 9.17) is 9.84 Å². The van der Waals surface area contributed by atoms with E-state index in [1.54, 1.807) is 6.92 Å². The van der Waals surface area contributed by atoms with Gasteiger partial charge >= 0.3 is 0 Å². The summed E-state index contributed by atoms with van der Waals surface area (Å²) in [7, 11) is 0. The molecule has 0 aliphatic carbocycles. The van der Waals surface area contributed by atoms with Gasteiger partial charge in [0.2, 0.25) is 0 Å². The first-order valence-corrected chi connectivity index (χ1v) is 7.12. The molecule has 2 aromatic carbocycles. The summed E-state index contributed by atoms with van der Waals surface area (Å²) in [6.07, 6.45) is -0.564. The normalized spacial score (nSPS) is 12.2. The van der Waals surface area contributed by atoms with Gasteiger partial charge in [-0.15, -0.1) is 0 Å². The summed E-state index contributed by atoms with van der Waals surface area (Å²) in [6.45, 7) is 1.76. The molecule has 0 aliphatic heterocycles. The molecule has 0 spiro atoms. The van der Waals surface area contributed by atoms with E-state index >= 15 is 0 Å². The van der Waals surface area contributed by atoms with Crippen LogP contribution in [0.15, 0.2) is 40.9 Å². The molecule has 4 nitrogen and oxygen atoms in total. The number of carbonyl (C=O) groups excluding carboxylic acids is 1. The Balaban J connectivity index is 2.03. The molecular weight excluding hydrogens is 322 g/mol. The highest BCUT2D eigenvalue weighted by molar-refractivity contribution is 9.10. The molecule has 1 atom stereocenters. The van der Waals surface area contributed by atoms with E-state index in [1.807, 2.05) is 36.4 Å². The second-order valence-corrected chi connectivity index (χ2v) is 5.33. The van der Waals surface area contributed by atoms with E-state index in [2.05, 4.69) is 21.2 Å². The van der Waals surface area contributed by atoms with Crippen molar-refractivity contribution >= 4 is 32.6 Å². The Labute approximate surface area is 125 Å². The van der Waals surface area contributed by atoms with Crippen LogP contribution < -0.4 is 10.1 Å². The van der Waals surface area contributed by atoms with Crippen molar-refractivity contribution in [1.82, 2.24) is 5.32 Å². The lowest BCUT2D eigenvalue weighted by Crippen LogP contribution is -2.34. The molecule has 2 aromatic rings. The minimum Gasteiger partial charge on any atom is -0.483 e. The third kappa shape index (κ3) is 3.71. The van der Waals surface area contributed by atoms with Gasteiger partial charge in [-0.05, 0) is 39.7 Å². The van der Waals surface area contributed by atoms with Gasteiger partial charge in [-0.25, -0.2) is 0 Å². The molecule has 2 N–H and O–H groups in total. The summed E-state index contributed by atoms with van der Waals surface area (Å²) in [5, 5.41) is 13.8. The van der Waals surface area contributed by atoms with Crippen LogP contribution in [0.5, 0.6) is 5.75 Å². The van der Waals surface area contributed by atoms with Gasteiger partial charge in [-0.2, -0.15) is 0 Å². The molecule has 0 radical (unpaired) electrons. The van der Waals surface area contributed by atoms with Crippen molar-refractivity contribution in [3.8, 4) is 5.75 Å². The Morgan fingerprint density at radius 3 is 2.85 bits per heavy atom. The molecule has 0 fully saturated rings. The zero-order valence-electron chi connectivity index (χ0n) is 11.1. The summed E-state index contributed by atoms with van der Waals surface area (Å²) in [5.41, 5.74) is 0. The largest absolute Gasteiger partial charge is 0.483 e. The first-order valence-electron chi connectivity index (χ1n) is 6.32. The van der Waals surface area contributed by atoms with Crippen molar-refractivity contribution in [2.75, 3.05) is 13.2 Å². The highest BCUT2D eigenvalue weighted by Gasteiger charge is 2.08. The Bertz CT molecular complexity index is 613. The molecule has 106 valence electrons. The van der Waals surface area contributed by atoms with Crippen LogP contribution in [0.3, 0.4) is 0 Å². The number of nitrogens with one attached hydrogen (secondary N) is 1. The second-order valence-electron chi connectivity index (χ2n) is 4.54. The lowest BCUT2D eigenvalue weighted by molar-refractivity contribution is -0.123. The molecular formula is C15H16BrNO3. The third-order valence-corrected chi connectivity index (χ3v) is 3.60. The average molecular weight is 338 g/mol. The summed E-state index contributed by atoms with van der Waals surface area (Å²) >= 11 is 3.50. The summed E-state index contributed by atoms with van der Waals surface area (Å²) in [4.78, 5) is 11.5. The smallest absolute Gasteiger partial charge is 0.258 e. The zero-order valence-corrected chi connectivity index (χ0v) is 12.7. The van der Waals surface area contributed by atoms with Crippen LogP contribution in [0.2, 0.25) is 0 Å². The molecule has 1 amide bonds. The lowest BCUT2D eigenvalue weighted by Gasteiger charge is -2.11. The molecule has 0 saturated carbocycles. The van der Waals surface area contributed by atoms with Gasteiger partial charge in [0.1, 0.15) is 5.75 Å². The summed E-state index contributed by atoms with van der Waals surface area (Å²) < 4.78 is 6.33. The van der Waals surface area contributed by atoms with E-state index in [-0.39, 0.29) is 19.1 Å². The Kier molecular flexibility index (Phi) is 4.98. The molecule has 0 saturated heterocycles. The predicted molar refractivity (Wildman–Crippen MR) is 81.8 cm³/mol. The highest BCUT2D eigenvalue weighted by atomic mass is 79.9. The van der Waals surface area contributed by atoms with Crippen molar-refractivity contribution < 1.29 is 14.6 Å². The number of halogens is 1. The number of hydrogen-bond donors (Lipinski definition) is 2. The topological polar surface area (TPSA) is 58.6 Å². The number of aliphatic hydroxyl groups is 1. The van der Waals surface area contributed by atoms with E-state index < -0.39 is 6.10 Å². The number of ether oxygens (including phenoxy) is 1. The predicted octanol–water partition coefficient (Wildman–Crippen LogP) is 2.48. The first kappa shape index (κ1) is 14.8.